The molecule has 2 nitrogen and oxygen atoms in total. The van der Waals surface area contributed by atoms with E-state index in [-0.39, 0.29) is 6.61 Å². The quantitative estimate of drug-likeness (QED) is 0.795. The van der Waals surface area contributed by atoms with Crippen LogP contribution in [0.2, 0.25) is 0 Å². The summed E-state index contributed by atoms with van der Waals surface area (Å²) in [4.78, 5) is 0. The molecule has 0 bridgehead atoms. The van der Waals surface area contributed by atoms with Gasteiger partial charge in [0.15, 0.2) is 0 Å². The second-order valence-corrected chi connectivity index (χ2v) is 3.19. The van der Waals surface area contributed by atoms with Crippen LogP contribution in [-0.4, -0.2) is 6.61 Å². The highest BCUT2D eigenvalue weighted by atomic mass is 35.5. The average molecular weight is 228 g/mol. The summed E-state index contributed by atoms with van der Waals surface area (Å²) in [6.07, 6.45) is 0. The Bertz CT molecular complexity index is 382. The lowest BCUT2D eigenvalue weighted by molar-refractivity contribution is 0.359. The molecule has 0 aliphatic carbocycles. The maximum absolute atomic E-state index is 8.62. The first-order chi connectivity index (χ1) is 6.76. The van der Waals surface area contributed by atoms with Crippen molar-refractivity contribution in [1.29, 1.82) is 5.26 Å². The van der Waals surface area contributed by atoms with Crippen LogP contribution in [0.3, 0.4) is 0 Å². The molecule has 0 atom stereocenters. The summed E-state index contributed by atoms with van der Waals surface area (Å²) in [6, 6.07) is 8.84. The van der Waals surface area contributed by atoms with Crippen molar-refractivity contribution in [3.05, 3.63) is 40.4 Å². The van der Waals surface area contributed by atoms with Gasteiger partial charge in [0.05, 0.1) is 16.7 Å². The summed E-state index contributed by atoms with van der Waals surface area (Å²) in [6.45, 7) is 0.208. The van der Waals surface area contributed by atoms with Crippen LogP contribution >= 0.6 is 23.2 Å². The first-order valence-corrected chi connectivity index (χ1v) is 4.65. The molecule has 1 rings (SSSR count). The van der Waals surface area contributed by atoms with Crippen LogP contribution in [0.4, 0.5) is 0 Å². The predicted octanol–water partition coefficient (Wildman–Crippen LogP) is 3.26. The highest BCUT2D eigenvalue weighted by Crippen LogP contribution is 2.14. The molecule has 0 aliphatic heterocycles. The van der Waals surface area contributed by atoms with Gasteiger partial charge in [0.2, 0.25) is 0 Å². The molecule has 0 saturated heterocycles. The molecule has 1 aromatic rings. The predicted molar refractivity (Wildman–Crippen MR) is 56.4 cm³/mol. The molecule has 1 aromatic carbocycles. The fourth-order valence-corrected chi connectivity index (χ4v) is 0.957. The van der Waals surface area contributed by atoms with Crippen molar-refractivity contribution in [2.75, 3.05) is 6.61 Å². The van der Waals surface area contributed by atoms with E-state index in [1.54, 1.807) is 24.3 Å². The third kappa shape index (κ3) is 3.29. The topological polar surface area (TPSA) is 33.0 Å². The summed E-state index contributed by atoms with van der Waals surface area (Å²) in [5.41, 5.74) is 1.80. The molecule has 0 saturated carbocycles. The van der Waals surface area contributed by atoms with E-state index in [1.165, 1.54) is 5.54 Å². The Morgan fingerprint density at radius 3 is 3.00 bits per heavy atom. The Morgan fingerprint density at radius 1 is 1.57 bits per heavy atom. The van der Waals surface area contributed by atoms with E-state index in [0.717, 1.165) is 0 Å². The molecule has 14 heavy (non-hydrogen) atoms. The van der Waals surface area contributed by atoms with Crippen molar-refractivity contribution >= 4 is 23.2 Å². The average Bonchev–Trinajstić information content (AvgIpc) is 2.26. The first-order valence-electron chi connectivity index (χ1n) is 3.84. The third-order valence-corrected chi connectivity index (χ3v) is 2.05. The van der Waals surface area contributed by atoms with E-state index >= 15 is 0 Å². The first kappa shape index (κ1) is 10.9. The Hall–Kier alpha value is -1.17. The van der Waals surface area contributed by atoms with Crippen molar-refractivity contribution < 1.29 is 4.74 Å². The molecule has 0 amide bonds. The number of hydrogen-bond donors (Lipinski definition) is 0. The van der Waals surface area contributed by atoms with Gasteiger partial charge in [-0.1, -0.05) is 29.3 Å². The summed E-state index contributed by atoms with van der Waals surface area (Å²) >= 11 is 11.0. The monoisotopic (exact) mass is 227 g/mol. The van der Waals surface area contributed by atoms with Crippen LogP contribution in [-0.2, 0) is 0 Å². The molecule has 0 heterocycles. The summed E-state index contributed by atoms with van der Waals surface area (Å²) < 4.78 is 5.27. The van der Waals surface area contributed by atoms with Gasteiger partial charge in [-0.05, 0) is 18.2 Å². The Morgan fingerprint density at radius 2 is 2.36 bits per heavy atom. The Kier molecular flexibility index (Phi) is 4.31. The zero-order valence-corrected chi connectivity index (χ0v) is 8.72. The largest absolute Gasteiger partial charge is 0.488 e. The van der Waals surface area contributed by atoms with E-state index in [4.69, 9.17) is 33.2 Å². The van der Waals surface area contributed by atoms with E-state index in [0.29, 0.717) is 16.3 Å². The van der Waals surface area contributed by atoms with Crippen LogP contribution in [0.25, 0.3) is 0 Å². The molecule has 4 heteroatoms. The third-order valence-electron chi connectivity index (χ3n) is 1.46. The minimum atomic E-state index is 0.208. The second-order valence-electron chi connectivity index (χ2n) is 2.48. The van der Waals surface area contributed by atoms with Crippen LogP contribution in [0.5, 0.6) is 5.75 Å². The van der Waals surface area contributed by atoms with Gasteiger partial charge < -0.3 is 4.74 Å². The lowest BCUT2D eigenvalue weighted by Crippen LogP contribution is -1.96. The van der Waals surface area contributed by atoms with E-state index in [2.05, 4.69) is 0 Å². The number of halogens is 2. The van der Waals surface area contributed by atoms with Crippen molar-refractivity contribution in [2.45, 2.75) is 0 Å². The molecular weight excluding hydrogens is 221 g/mol. The summed E-state index contributed by atoms with van der Waals surface area (Å²) in [7, 11) is 0. The molecule has 0 radical (unpaired) electrons. The molecular formula is C10H7Cl2NO. The normalized spacial score (nSPS) is 10.8. The van der Waals surface area contributed by atoms with Gasteiger partial charge in [0.25, 0.3) is 0 Å². The number of nitriles is 1. The van der Waals surface area contributed by atoms with E-state index in [1.807, 2.05) is 6.07 Å². The highest BCUT2D eigenvalue weighted by Gasteiger charge is 1.97. The zero-order chi connectivity index (χ0) is 10.4. The van der Waals surface area contributed by atoms with Gasteiger partial charge in [-0.15, -0.1) is 0 Å². The van der Waals surface area contributed by atoms with Crippen molar-refractivity contribution in [2.24, 2.45) is 0 Å². The van der Waals surface area contributed by atoms with Crippen molar-refractivity contribution in [1.82, 2.24) is 0 Å². The van der Waals surface area contributed by atoms with Crippen molar-refractivity contribution in [3.8, 4) is 11.8 Å². The second kappa shape index (κ2) is 5.54. The van der Waals surface area contributed by atoms with Gasteiger partial charge in [-0.3, -0.25) is 0 Å². The van der Waals surface area contributed by atoms with Gasteiger partial charge in [-0.2, -0.15) is 5.26 Å². The standard InChI is InChI=1S/C10H7Cl2NO/c11-5-9(12)7-14-10-3-1-2-8(4-10)6-13/h1-5H,7H2/b9-5+. The van der Waals surface area contributed by atoms with Crippen LogP contribution in [0.15, 0.2) is 34.8 Å². The van der Waals surface area contributed by atoms with Gasteiger partial charge in [0, 0.05) is 5.54 Å². The summed E-state index contributed by atoms with van der Waals surface area (Å²) in [5.74, 6) is 0.598. The van der Waals surface area contributed by atoms with Gasteiger partial charge >= 0.3 is 0 Å². The summed E-state index contributed by atoms with van der Waals surface area (Å²) in [5, 5.41) is 9.03. The molecule has 0 aromatic heterocycles. The van der Waals surface area contributed by atoms with E-state index < -0.39 is 0 Å². The Labute approximate surface area is 92.3 Å². The highest BCUT2D eigenvalue weighted by molar-refractivity contribution is 6.36. The molecule has 0 spiro atoms. The van der Waals surface area contributed by atoms with E-state index in [9.17, 15) is 0 Å². The molecule has 0 aliphatic rings. The maximum Gasteiger partial charge on any atom is 0.125 e. The molecule has 72 valence electrons. The molecule has 0 fully saturated rings. The minimum absolute atomic E-state index is 0.208. The minimum Gasteiger partial charge on any atom is -0.488 e. The SMILES string of the molecule is N#Cc1cccc(OC/C(Cl)=C\Cl)c1. The Balaban J connectivity index is 2.64. The molecule has 0 N–H and O–H groups in total. The number of ether oxygens (including phenoxy) is 1. The number of nitrogens with zero attached hydrogens (tertiary/aromatic N) is 1. The number of hydrogen-bond acceptors (Lipinski definition) is 2. The van der Waals surface area contributed by atoms with Gasteiger partial charge in [-0.25, -0.2) is 0 Å². The zero-order valence-electron chi connectivity index (χ0n) is 7.21. The fourth-order valence-electron chi connectivity index (χ4n) is 0.839. The lowest BCUT2D eigenvalue weighted by Gasteiger charge is -2.04. The van der Waals surface area contributed by atoms with Gasteiger partial charge in [0.1, 0.15) is 12.4 Å². The van der Waals surface area contributed by atoms with Crippen LogP contribution < -0.4 is 4.74 Å². The lowest BCUT2D eigenvalue weighted by atomic mass is 10.2. The maximum atomic E-state index is 8.62. The van der Waals surface area contributed by atoms with Crippen LogP contribution in [0.1, 0.15) is 5.56 Å². The van der Waals surface area contributed by atoms with Crippen molar-refractivity contribution in [3.63, 3.8) is 0 Å². The number of rotatable bonds is 3. The number of benzene rings is 1. The fraction of sp³-hybridized carbons (Fsp3) is 0.100. The smallest absolute Gasteiger partial charge is 0.125 e. The molecule has 0 unspecified atom stereocenters. The van der Waals surface area contributed by atoms with Crippen LogP contribution in [0, 0.1) is 11.3 Å².